The van der Waals surface area contributed by atoms with Gasteiger partial charge in [0.05, 0.1) is 18.5 Å². The molecule has 110 valence electrons. The number of nitrogens with one attached hydrogen (secondary N) is 1. The molecule has 0 aliphatic rings. The number of hydrogen-bond acceptors (Lipinski definition) is 4. The van der Waals surface area contributed by atoms with Crippen LogP contribution in [0.15, 0.2) is 61.2 Å². The molecule has 0 saturated heterocycles. The number of nitrogens with zero attached hydrogens (tertiary/aromatic N) is 3. The van der Waals surface area contributed by atoms with Crippen molar-refractivity contribution in [1.82, 2.24) is 14.8 Å². The summed E-state index contributed by atoms with van der Waals surface area (Å²) in [5.74, 6) is 0.421. The lowest BCUT2D eigenvalue weighted by Gasteiger charge is -2.10. The minimum atomic E-state index is -0.199. The fourth-order valence-electron chi connectivity index (χ4n) is 2.05. The van der Waals surface area contributed by atoms with Crippen molar-refractivity contribution < 1.29 is 9.53 Å². The topological polar surface area (TPSA) is 69.0 Å². The second-order valence-electron chi connectivity index (χ2n) is 4.54. The fourth-order valence-corrected chi connectivity index (χ4v) is 2.05. The molecular weight excluding hydrogens is 280 g/mol. The van der Waals surface area contributed by atoms with Gasteiger partial charge in [0, 0.05) is 5.56 Å². The summed E-state index contributed by atoms with van der Waals surface area (Å²) in [4.78, 5) is 16.2. The number of para-hydroxylation sites is 2. The first-order chi connectivity index (χ1) is 10.8. The van der Waals surface area contributed by atoms with Crippen LogP contribution in [0.4, 0.5) is 5.69 Å². The number of aromatic nitrogens is 3. The van der Waals surface area contributed by atoms with Gasteiger partial charge in [-0.15, -0.1) is 0 Å². The molecule has 6 heteroatoms. The third kappa shape index (κ3) is 2.80. The Kier molecular flexibility index (Phi) is 3.82. The predicted octanol–water partition coefficient (Wildman–Crippen LogP) is 2.53. The maximum Gasteiger partial charge on any atom is 0.255 e. The summed E-state index contributed by atoms with van der Waals surface area (Å²) in [5, 5.41) is 6.87. The highest BCUT2D eigenvalue weighted by Crippen LogP contribution is 2.23. The number of amides is 1. The lowest BCUT2D eigenvalue weighted by molar-refractivity contribution is 0.102. The van der Waals surface area contributed by atoms with E-state index >= 15 is 0 Å². The fraction of sp³-hybridized carbons (Fsp3) is 0.0625. The zero-order chi connectivity index (χ0) is 15.4. The molecule has 2 aromatic carbocycles. The van der Waals surface area contributed by atoms with Gasteiger partial charge in [0.1, 0.15) is 18.4 Å². The van der Waals surface area contributed by atoms with Crippen molar-refractivity contribution >= 4 is 11.6 Å². The maximum atomic E-state index is 12.3. The van der Waals surface area contributed by atoms with Crippen LogP contribution >= 0.6 is 0 Å². The smallest absolute Gasteiger partial charge is 0.255 e. The molecule has 1 N–H and O–H groups in total. The molecule has 1 amide bonds. The molecule has 0 radical (unpaired) electrons. The molecular formula is C16H14N4O2. The lowest BCUT2D eigenvalue weighted by Crippen LogP contribution is -2.12. The monoisotopic (exact) mass is 294 g/mol. The first-order valence-corrected chi connectivity index (χ1v) is 6.67. The van der Waals surface area contributed by atoms with Crippen LogP contribution in [0.1, 0.15) is 10.4 Å². The minimum absolute atomic E-state index is 0.199. The summed E-state index contributed by atoms with van der Waals surface area (Å²) in [5.41, 5.74) is 2.02. The van der Waals surface area contributed by atoms with Crippen LogP contribution in [-0.2, 0) is 0 Å². The predicted molar refractivity (Wildman–Crippen MR) is 82.3 cm³/mol. The van der Waals surface area contributed by atoms with Crippen molar-refractivity contribution in [3.8, 4) is 11.4 Å². The van der Waals surface area contributed by atoms with Gasteiger partial charge in [-0.25, -0.2) is 9.67 Å². The van der Waals surface area contributed by atoms with Crippen molar-refractivity contribution in [1.29, 1.82) is 0 Å². The molecule has 1 heterocycles. The normalized spacial score (nSPS) is 10.2. The Balaban J connectivity index is 1.78. The van der Waals surface area contributed by atoms with E-state index in [9.17, 15) is 4.79 Å². The Morgan fingerprint density at radius 2 is 1.91 bits per heavy atom. The van der Waals surface area contributed by atoms with Crippen LogP contribution in [0.2, 0.25) is 0 Å². The zero-order valence-electron chi connectivity index (χ0n) is 11.9. The van der Waals surface area contributed by atoms with Gasteiger partial charge in [0.15, 0.2) is 0 Å². The standard InChI is InChI=1S/C16H14N4O2/c1-22-15-5-3-2-4-14(15)19-16(21)12-6-8-13(9-7-12)20-11-17-10-18-20/h2-11H,1H3,(H,19,21). The highest BCUT2D eigenvalue weighted by molar-refractivity contribution is 6.05. The van der Waals surface area contributed by atoms with Gasteiger partial charge in [-0.3, -0.25) is 4.79 Å². The SMILES string of the molecule is COc1ccccc1NC(=O)c1ccc(-n2cncn2)cc1. The Hall–Kier alpha value is -3.15. The van der Waals surface area contributed by atoms with Crippen molar-refractivity contribution in [3.05, 3.63) is 66.7 Å². The molecule has 1 aromatic heterocycles. The second kappa shape index (κ2) is 6.09. The maximum absolute atomic E-state index is 12.3. The van der Waals surface area contributed by atoms with Crippen molar-refractivity contribution in [3.63, 3.8) is 0 Å². The van der Waals surface area contributed by atoms with E-state index < -0.39 is 0 Å². The van der Waals surface area contributed by atoms with Crippen LogP contribution in [-0.4, -0.2) is 27.8 Å². The molecule has 0 spiro atoms. The number of ether oxygens (including phenoxy) is 1. The minimum Gasteiger partial charge on any atom is -0.495 e. The molecule has 0 saturated carbocycles. The summed E-state index contributed by atoms with van der Waals surface area (Å²) in [7, 11) is 1.57. The van der Waals surface area contributed by atoms with E-state index in [0.717, 1.165) is 5.69 Å². The summed E-state index contributed by atoms with van der Waals surface area (Å²) in [6, 6.07) is 14.4. The quantitative estimate of drug-likeness (QED) is 0.802. The van der Waals surface area contributed by atoms with E-state index in [2.05, 4.69) is 15.4 Å². The van der Waals surface area contributed by atoms with E-state index in [0.29, 0.717) is 17.0 Å². The van der Waals surface area contributed by atoms with Gasteiger partial charge in [0.2, 0.25) is 0 Å². The molecule has 0 atom stereocenters. The van der Waals surface area contributed by atoms with E-state index in [-0.39, 0.29) is 5.91 Å². The van der Waals surface area contributed by atoms with E-state index in [1.54, 1.807) is 42.4 Å². The van der Waals surface area contributed by atoms with Crippen LogP contribution < -0.4 is 10.1 Å². The molecule has 0 bridgehead atoms. The lowest BCUT2D eigenvalue weighted by atomic mass is 10.2. The molecule has 0 unspecified atom stereocenters. The molecule has 0 aliphatic heterocycles. The first-order valence-electron chi connectivity index (χ1n) is 6.67. The van der Waals surface area contributed by atoms with E-state index in [1.165, 1.54) is 6.33 Å². The first kappa shape index (κ1) is 13.8. The zero-order valence-corrected chi connectivity index (χ0v) is 11.9. The summed E-state index contributed by atoms with van der Waals surface area (Å²) in [6.07, 6.45) is 3.06. The number of benzene rings is 2. The average Bonchev–Trinajstić information content (AvgIpc) is 3.10. The largest absolute Gasteiger partial charge is 0.495 e. The van der Waals surface area contributed by atoms with Gasteiger partial charge in [-0.05, 0) is 36.4 Å². The molecule has 0 fully saturated rings. The van der Waals surface area contributed by atoms with Crippen LogP contribution in [0.5, 0.6) is 5.75 Å². The highest BCUT2D eigenvalue weighted by Gasteiger charge is 2.09. The van der Waals surface area contributed by atoms with Crippen LogP contribution in [0, 0.1) is 0 Å². The Bertz CT molecular complexity index is 767. The third-order valence-corrected chi connectivity index (χ3v) is 3.17. The van der Waals surface area contributed by atoms with Crippen LogP contribution in [0.3, 0.4) is 0 Å². The van der Waals surface area contributed by atoms with Gasteiger partial charge in [0.25, 0.3) is 5.91 Å². The summed E-state index contributed by atoms with van der Waals surface area (Å²) < 4.78 is 6.84. The van der Waals surface area contributed by atoms with Crippen LogP contribution in [0.25, 0.3) is 5.69 Å². The summed E-state index contributed by atoms with van der Waals surface area (Å²) in [6.45, 7) is 0. The van der Waals surface area contributed by atoms with Gasteiger partial charge in [-0.2, -0.15) is 5.10 Å². The molecule has 0 aliphatic carbocycles. The second-order valence-corrected chi connectivity index (χ2v) is 4.54. The number of carbonyl (C=O) groups excluding carboxylic acids is 1. The number of hydrogen-bond donors (Lipinski definition) is 1. The van der Waals surface area contributed by atoms with Gasteiger partial charge < -0.3 is 10.1 Å². The van der Waals surface area contributed by atoms with Crippen molar-refractivity contribution in [2.45, 2.75) is 0 Å². The molecule has 6 nitrogen and oxygen atoms in total. The number of anilines is 1. The van der Waals surface area contributed by atoms with Crippen molar-refractivity contribution in [2.24, 2.45) is 0 Å². The molecule has 22 heavy (non-hydrogen) atoms. The number of methoxy groups -OCH3 is 1. The molecule has 3 aromatic rings. The van der Waals surface area contributed by atoms with E-state index in [4.69, 9.17) is 4.74 Å². The third-order valence-electron chi connectivity index (χ3n) is 3.17. The number of carbonyl (C=O) groups is 1. The van der Waals surface area contributed by atoms with Gasteiger partial charge in [-0.1, -0.05) is 12.1 Å². The average molecular weight is 294 g/mol. The van der Waals surface area contributed by atoms with Crippen molar-refractivity contribution in [2.75, 3.05) is 12.4 Å². The van der Waals surface area contributed by atoms with E-state index in [1.807, 2.05) is 24.3 Å². The summed E-state index contributed by atoms with van der Waals surface area (Å²) >= 11 is 0. The highest BCUT2D eigenvalue weighted by atomic mass is 16.5. The number of rotatable bonds is 4. The Morgan fingerprint density at radius 1 is 1.14 bits per heavy atom. The van der Waals surface area contributed by atoms with Gasteiger partial charge >= 0.3 is 0 Å². The Labute approximate surface area is 127 Å². The molecule has 3 rings (SSSR count). The Morgan fingerprint density at radius 3 is 2.59 bits per heavy atom.